The van der Waals surface area contributed by atoms with Crippen molar-refractivity contribution < 1.29 is 4.39 Å². The van der Waals surface area contributed by atoms with E-state index in [1.54, 1.807) is 6.07 Å². The molecule has 0 bridgehead atoms. The third kappa shape index (κ3) is 2.02. The summed E-state index contributed by atoms with van der Waals surface area (Å²) in [4.78, 5) is 0.750. The number of aryl methyl sites for hydroxylation is 1. The van der Waals surface area contributed by atoms with Crippen LogP contribution in [0.3, 0.4) is 0 Å². The van der Waals surface area contributed by atoms with Gasteiger partial charge < -0.3 is 0 Å². The van der Waals surface area contributed by atoms with Gasteiger partial charge in [0.05, 0.1) is 0 Å². The first-order chi connectivity index (χ1) is 5.69. The maximum atomic E-state index is 13.3. The van der Waals surface area contributed by atoms with E-state index in [9.17, 15) is 4.39 Å². The summed E-state index contributed by atoms with van der Waals surface area (Å²) in [5.74, 6) is -0.114. The minimum atomic E-state index is -0.114. The van der Waals surface area contributed by atoms with Gasteiger partial charge in [-0.1, -0.05) is 22.0 Å². The van der Waals surface area contributed by atoms with Gasteiger partial charge in [0.1, 0.15) is 5.82 Å². The fourth-order valence-corrected chi connectivity index (χ4v) is 2.10. The lowest BCUT2D eigenvalue weighted by atomic mass is 10.1. The van der Waals surface area contributed by atoms with E-state index in [1.807, 2.05) is 19.2 Å². The van der Waals surface area contributed by atoms with E-state index in [0.717, 1.165) is 16.0 Å². The molecule has 1 aromatic rings. The molecule has 0 N–H and O–H groups in total. The summed E-state index contributed by atoms with van der Waals surface area (Å²) < 4.78 is 13.3. The molecule has 0 atom stereocenters. The Morgan fingerprint density at radius 3 is 2.58 bits per heavy atom. The average Bonchev–Trinajstić information content (AvgIpc) is 2.03. The Morgan fingerprint density at radius 1 is 1.50 bits per heavy atom. The quantitative estimate of drug-likeness (QED) is 0.568. The van der Waals surface area contributed by atoms with Crippen LogP contribution in [0.5, 0.6) is 0 Å². The van der Waals surface area contributed by atoms with E-state index in [-0.39, 0.29) is 5.82 Å². The van der Waals surface area contributed by atoms with Gasteiger partial charge in [0.2, 0.25) is 0 Å². The summed E-state index contributed by atoms with van der Waals surface area (Å²) in [7, 11) is 0. The van der Waals surface area contributed by atoms with Crippen LogP contribution in [0.25, 0.3) is 0 Å². The zero-order valence-electron chi connectivity index (χ0n) is 7.03. The normalized spacial score (nSPS) is 10.3. The van der Waals surface area contributed by atoms with E-state index in [1.165, 1.54) is 11.8 Å². The standard InChI is InChI=1S/C9H10BrFS/c1-6-3-7(5-10)4-8(11)9(6)12-2/h3-4H,5H2,1-2H3. The van der Waals surface area contributed by atoms with Crippen LogP contribution in [0.15, 0.2) is 17.0 Å². The van der Waals surface area contributed by atoms with Crippen LogP contribution in [0.4, 0.5) is 4.39 Å². The van der Waals surface area contributed by atoms with Crippen LogP contribution >= 0.6 is 27.7 Å². The lowest BCUT2D eigenvalue weighted by Crippen LogP contribution is -1.89. The van der Waals surface area contributed by atoms with E-state index in [2.05, 4.69) is 15.9 Å². The largest absolute Gasteiger partial charge is 0.206 e. The zero-order chi connectivity index (χ0) is 9.14. The number of benzene rings is 1. The number of alkyl halides is 1. The average molecular weight is 249 g/mol. The molecule has 0 radical (unpaired) electrons. The van der Waals surface area contributed by atoms with Crippen LogP contribution in [-0.4, -0.2) is 6.26 Å². The molecule has 0 aliphatic carbocycles. The van der Waals surface area contributed by atoms with Crippen LogP contribution in [-0.2, 0) is 5.33 Å². The first-order valence-electron chi connectivity index (χ1n) is 3.58. The SMILES string of the molecule is CSc1c(C)cc(CBr)cc1F. The zero-order valence-corrected chi connectivity index (χ0v) is 9.43. The summed E-state index contributed by atoms with van der Waals surface area (Å²) in [5, 5.41) is 0.708. The highest BCUT2D eigenvalue weighted by Gasteiger charge is 2.05. The summed E-state index contributed by atoms with van der Waals surface area (Å²) >= 11 is 4.75. The van der Waals surface area contributed by atoms with Gasteiger partial charge in [0.25, 0.3) is 0 Å². The van der Waals surface area contributed by atoms with Crippen LogP contribution in [0, 0.1) is 12.7 Å². The van der Waals surface area contributed by atoms with Crippen molar-refractivity contribution in [1.29, 1.82) is 0 Å². The summed E-state index contributed by atoms with van der Waals surface area (Å²) in [6.45, 7) is 1.93. The van der Waals surface area contributed by atoms with Gasteiger partial charge in [-0.3, -0.25) is 0 Å². The van der Waals surface area contributed by atoms with E-state index >= 15 is 0 Å². The van der Waals surface area contributed by atoms with Crippen molar-refractivity contribution in [3.05, 3.63) is 29.1 Å². The molecule has 0 aromatic heterocycles. The van der Waals surface area contributed by atoms with Gasteiger partial charge in [0.15, 0.2) is 0 Å². The van der Waals surface area contributed by atoms with Crippen molar-refractivity contribution in [1.82, 2.24) is 0 Å². The summed E-state index contributed by atoms with van der Waals surface area (Å²) in [6.07, 6.45) is 1.89. The number of thioether (sulfide) groups is 1. The first kappa shape index (κ1) is 10.1. The molecule has 0 heterocycles. The van der Waals surface area contributed by atoms with Gasteiger partial charge in [0, 0.05) is 10.2 Å². The highest BCUT2D eigenvalue weighted by molar-refractivity contribution is 9.08. The van der Waals surface area contributed by atoms with Gasteiger partial charge in [-0.05, 0) is 30.4 Å². The minimum Gasteiger partial charge on any atom is -0.206 e. The number of halogens is 2. The van der Waals surface area contributed by atoms with Gasteiger partial charge >= 0.3 is 0 Å². The summed E-state index contributed by atoms with van der Waals surface area (Å²) in [5.41, 5.74) is 2.00. The van der Waals surface area contributed by atoms with Crippen LogP contribution < -0.4 is 0 Å². The third-order valence-electron chi connectivity index (χ3n) is 1.65. The van der Waals surface area contributed by atoms with Crippen molar-refractivity contribution in [3.63, 3.8) is 0 Å². The van der Waals surface area contributed by atoms with Crippen LogP contribution in [0.2, 0.25) is 0 Å². The number of hydrogen-bond donors (Lipinski definition) is 0. The van der Waals surface area contributed by atoms with E-state index in [0.29, 0.717) is 5.33 Å². The van der Waals surface area contributed by atoms with Crippen molar-refractivity contribution >= 4 is 27.7 Å². The molecule has 0 saturated carbocycles. The molecule has 0 amide bonds. The molecular formula is C9H10BrFS. The van der Waals surface area contributed by atoms with E-state index in [4.69, 9.17) is 0 Å². The van der Waals surface area contributed by atoms with Crippen LogP contribution in [0.1, 0.15) is 11.1 Å². The fraction of sp³-hybridized carbons (Fsp3) is 0.333. The van der Waals surface area contributed by atoms with Crippen molar-refractivity contribution in [2.75, 3.05) is 6.26 Å². The first-order valence-corrected chi connectivity index (χ1v) is 5.92. The van der Waals surface area contributed by atoms with Gasteiger partial charge in [-0.25, -0.2) is 4.39 Å². The molecule has 0 fully saturated rings. The topological polar surface area (TPSA) is 0 Å². The molecule has 3 heteroatoms. The lowest BCUT2D eigenvalue weighted by molar-refractivity contribution is 0.598. The Labute approximate surface area is 84.7 Å². The van der Waals surface area contributed by atoms with Gasteiger partial charge in [-0.15, -0.1) is 11.8 Å². The Kier molecular flexibility index (Phi) is 3.59. The highest BCUT2D eigenvalue weighted by Crippen LogP contribution is 2.25. The highest BCUT2D eigenvalue weighted by atomic mass is 79.9. The Balaban J connectivity index is 3.18. The second-order valence-corrected chi connectivity index (χ2v) is 3.94. The smallest absolute Gasteiger partial charge is 0.137 e. The van der Waals surface area contributed by atoms with Crippen molar-refractivity contribution in [3.8, 4) is 0 Å². The Morgan fingerprint density at radius 2 is 2.17 bits per heavy atom. The molecule has 1 aromatic carbocycles. The predicted octanol–water partition coefficient (Wildman–Crippen LogP) is 3.75. The van der Waals surface area contributed by atoms with E-state index < -0.39 is 0 Å². The molecule has 12 heavy (non-hydrogen) atoms. The fourth-order valence-electron chi connectivity index (χ4n) is 1.14. The molecular weight excluding hydrogens is 239 g/mol. The molecule has 66 valence electrons. The molecule has 0 spiro atoms. The lowest BCUT2D eigenvalue weighted by Gasteiger charge is -2.05. The monoisotopic (exact) mass is 248 g/mol. The minimum absolute atomic E-state index is 0.114. The third-order valence-corrected chi connectivity index (χ3v) is 3.22. The van der Waals surface area contributed by atoms with Crippen molar-refractivity contribution in [2.24, 2.45) is 0 Å². The number of rotatable bonds is 2. The second kappa shape index (κ2) is 4.28. The molecule has 0 aliphatic rings. The molecule has 0 saturated heterocycles. The Hall–Kier alpha value is -0.0200. The molecule has 0 nitrogen and oxygen atoms in total. The summed E-state index contributed by atoms with van der Waals surface area (Å²) in [6, 6.07) is 3.58. The number of hydrogen-bond acceptors (Lipinski definition) is 1. The maximum Gasteiger partial charge on any atom is 0.137 e. The molecule has 0 unspecified atom stereocenters. The Bertz CT molecular complexity index is 263. The maximum absolute atomic E-state index is 13.3. The van der Waals surface area contributed by atoms with Gasteiger partial charge in [-0.2, -0.15) is 0 Å². The molecule has 0 aliphatic heterocycles. The predicted molar refractivity (Wildman–Crippen MR) is 55.5 cm³/mol. The second-order valence-electron chi connectivity index (χ2n) is 2.56. The molecule has 1 rings (SSSR count). The van der Waals surface area contributed by atoms with Crippen molar-refractivity contribution in [2.45, 2.75) is 17.1 Å².